The molecule has 0 saturated heterocycles. The highest BCUT2D eigenvalue weighted by Crippen LogP contribution is 2.20. The molecule has 0 aliphatic carbocycles. The van der Waals surface area contributed by atoms with Crippen molar-refractivity contribution < 1.29 is 8.78 Å². The minimum atomic E-state index is -2.48. The van der Waals surface area contributed by atoms with E-state index >= 15 is 0 Å². The molecule has 0 aromatic carbocycles. The molecule has 0 unspecified atom stereocenters. The minimum absolute atomic E-state index is 0.0741. The molecule has 11 heavy (non-hydrogen) atoms. The monoisotopic (exact) mass is 158 g/mol. The van der Waals surface area contributed by atoms with Crippen molar-refractivity contribution in [2.24, 2.45) is 5.73 Å². The van der Waals surface area contributed by atoms with Gasteiger partial charge in [-0.15, -0.1) is 0 Å². The van der Waals surface area contributed by atoms with E-state index in [1.807, 2.05) is 0 Å². The van der Waals surface area contributed by atoms with Crippen LogP contribution in [0.15, 0.2) is 18.5 Å². The SMILES string of the molecule is NCc1ccncc1C(F)F. The molecule has 2 N–H and O–H groups in total. The Labute approximate surface area is 63.1 Å². The van der Waals surface area contributed by atoms with Gasteiger partial charge in [0.15, 0.2) is 0 Å². The standard InChI is InChI=1S/C7H8F2N2/c8-7(9)6-4-11-2-1-5(6)3-10/h1-2,4,7H,3,10H2. The summed E-state index contributed by atoms with van der Waals surface area (Å²) in [6, 6.07) is 1.50. The summed E-state index contributed by atoms with van der Waals surface area (Å²) in [5.41, 5.74) is 5.61. The first-order chi connectivity index (χ1) is 5.25. The molecule has 0 aliphatic heterocycles. The first-order valence-electron chi connectivity index (χ1n) is 3.16. The summed E-state index contributed by atoms with van der Waals surface area (Å²) >= 11 is 0. The maximum atomic E-state index is 12.1. The van der Waals surface area contributed by atoms with Gasteiger partial charge in [0.05, 0.1) is 0 Å². The zero-order valence-corrected chi connectivity index (χ0v) is 5.80. The summed E-state index contributed by atoms with van der Waals surface area (Å²) in [6.45, 7) is 0.127. The molecule has 0 fully saturated rings. The molecule has 1 heterocycles. The molecule has 4 heteroatoms. The van der Waals surface area contributed by atoms with Gasteiger partial charge in [-0.1, -0.05) is 0 Å². The maximum absolute atomic E-state index is 12.1. The van der Waals surface area contributed by atoms with Crippen LogP contribution in [0.3, 0.4) is 0 Å². The van der Waals surface area contributed by atoms with Crippen LogP contribution >= 0.6 is 0 Å². The predicted octanol–water partition coefficient (Wildman–Crippen LogP) is 1.48. The first-order valence-corrected chi connectivity index (χ1v) is 3.16. The van der Waals surface area contributed by atoms with E-state index in [2.05, 4.69) is 4.98 Å². The Morgan fingerprint density at radius 3 is 2.73 bits per heavy atom. The van der Waals surface area contributed by atoms with Crippen molar-refractivity contribution in [2.45, 2.75) is 13.0 Å². The normalized spacial score (nSPS) is 10.5. The highest BCUT2D eigenvalue weighted by atomic mass is 19.3. The van der Waals surface area contributed by atoms with Gasteiger partial charge < -0.3 is 5.73 Å². The number of hydrogen-bond acceptors (Lipinski definition) is 2. The van der Waals surface area contributed by atoms with Gasteiger partial charge in [-0.05, 0) is 11.6 Å². The zero-order valence-electron chi connectivity index (χ0n) is 5.80. The molecule has 1 rings (SSSR count). The molecule has 0 spiro atoms. The Balaban J connectivity index is 3.02. The third kappa shape index (κ3) is 1.71. The summed E-state index contributed by atoms with van der Waals surface area (Å²) in [6.07, 6.45) is 0.114. The molecule has 0 amide bonds. The Hall–Kier alpha value is -1.03. The predicted molar refractivity (Wildman–Crippen MR) is 37.1 cm³/mol. The van der Waals surface area contributed by atoms with Crippen LogP contribution in [0.2, 0.25) is 0 Å². The number of halogens is 2. The number of pyridine rings is 1. The van der Waals surface area contributed by atoms with Gasteiger partial charge in [-0.25, -0.2) is 8.78 Å². The zero-order chi connectivity index (χ0) is 8.27. The van der Waals surface area contributed by atoms with Crippen molar-refractivity contribution in [1.29, 1.82) is 0 Å². The molecule has 0 atom stereocenters. The average Bonchev–Trinajstić information content (AvgIpc) is 2.04. The van der Waals surface area contributed by atoms with Gasteiger partial charge in [-0.2, -0.15) is 0 Å². The summed E-state index contributed by atoms with van der Waals surface area (Å²) in [7, 11) is 0. The van der Waals surface area contributed by atoms with Crippen LogP contribution in [0.25, 0.3) is 0 Å². The van der Waals surface area contributed by atoms with Crippen LogP contribution in [0, 0.1) is 0 Å². The Kier molecular flexibility index (Phi) is 2.48. The number of nitrogens with two attached hydrogens (primary N) is 1. The van der Waals surface area contributed by atoms with Crippen molar-refractivity contribution in [1.82, 2.24) is 4.98 Å². The summed E-state index contributed by atoms with van der Waals surface area (Å²) in [5, 5.41) is 0. The second-order valence-corrected chi connectivity index (χ2v) is 2.08. The van der Waals surface area contributed by atoms with E-state index in [0.29, 0.717) is 5.56 Å². The van der Waals surface area contributed by atoms with E-state index in [9.17, 15) is 8.78 Å². The highest BCUT2D eigenvalue weighted by molar-refractivity contribution is 5.23. The summed E-state index contributed by atoms with van der Waals surface area (Å²) < 4.78 is 24.2. The molecule has 0 saturated carbocycles. The fourth-order valence-electron chi connectivity index (χ4n) is 0.818. The topological polar surface area (TPSA) is 38.9 Å². The van der Waals surface area contributed by atoms with E-state index in [1.54, 1.807) is 0 Å². The molecule has 60 valence electrons. The number of nitrogens with zero attached hydrogens (tertiary/aromatic N) is 1. The molecule has 1 aromatic rings. The fourth-order valence-corrected chi connectivity index (χ4v) is 0.818. The summed E-state index contributed by atoms with van der Waals surface area (Å²) in [5.74, 6) is 0. The lowest BCUT2D eigenvalue weighted by Gasteiger charge is -2.03. The lowest BCUT2D eigenvalue weighted by atomic mass is 10.1. The van der Waals surface area contributed by atoms with Crippen LogP contribution in [-0.2, 0) is 6.54 Å². The number of rotatable bonds is 2. The highest BCUT2D eigenvalue weighted by Gasteiger charge is 2.10. The smallest absolute Gasteiger partial charge is 0.265 e. The number of aromatic nitrogens is 1. The second kappa shape index (κ2) is 3.39. The van der Waals surface area contributed by atoms with Gasteiger partial charge in [-0.3, -0.25) is 4.98 Å². The molecule has 0 bridgehead atoms. The summed E-state index contributed by atoms with van der Waals surface area (Å²) in [4.78, 5) is 3.58. The van der Waals surface area contributed by atoms with Crippen molar-refractivity contribution >= 4 is 0 Å². The van der Waals surface area contributed by atoms with Crippen molar-refractivity contribution in [3.05, 3.63) is 29.6 Å². The van der Waals surface area contributed by atoms with Gasteiger partial charge in [0.1, 0.15) is 0 Å². The van der Waals surface area contributed by atoms with Crippen LogP contribution in [0.5, 0.6) is 0 Å². The fraction of sp³-hybridized carbons (Fsp3) is 0.286. The Morgan fingerprint density at radius 2 is 2.27 bits per heavy atom. The second-order valence-electron chi connectivity index (χ2n) is 2.08. The van der Waals surface area contributed by atoms with Gasteiger partial charge in [0.25, 0.3) is 6.43 Å². The largest absolute Gasteiger partial charge is 0.326 e. The third-order valence-electron chi connectivity index (χ3n) is 1.40. The minimum Gasteiger partial charge on any atom is -0.326 e. The number of alkyl halides is 2. The van der Waals surface area contributed by atoms with Gasteiger partial charge in [0.2, 0.25) is 0 Å². The molecular formula is C7H8F2N2. The molecule has 0 radical (unpaired) electrons. The molecule has 0 aliphatic rings. The van der Waals surface area contributed by atoms with E-state index in [4.69, 9.17) is 5.73 Å². The molecule has 1 aromatic heterocycles. The molecule has 2 nitrogen and oxygen atoms in total. The van der Waals surface area contributed by atoms with Crippen molar-refractivity contribution in [3.63, 3.8) is 0 Å². The van der Waals surface area contributed by atoms with E-state index in [0.717, 1.165) is 6.20 Å². The van der Waals surface area contributed by atoms with Crippen LogP contribution in [-0.4, -0.2) is 4.98 Å². The third-order valence-corrected chi connectivity index (χ3v) is 1.40. The van der Waals surface area contributed by atoms with Crippen LogP contribution < -0.4 is 5.73 Å². The van der Waals surface area contributed by atoms with E-state index in [1.165, 1.54) is 12.3 Å². The maximum Gasteiger partial charge on any atom is 0.265 e. The van der Waals surface area contributed by atoms with E-state index < -0.39 is 6.43 Å². The number of hydrogen-bond donors (Lipinski definition) is 1. The first kappa shape index (κ1) is 8.07. The van der Waals surface area contributed by atoms with Crippen LogP contribution in [0.1, 0.15) is 17.6 Å². The quantitative estimate of drug-likeness (QED) is 0.707. The van der Waals surface area contributed by atoms with E-state index in [-0.39, 0.29) is 12.1 Å². The van der Waals surface area contributed by atoms with Crippen molar-refractivity contribution in [3.8, 4) is 0 Å². The van der Waals surface area contributed by atoms with Crippen molar-refractivity contribution in [2.75, 3.05) is 0 Å². The van der Waals surface area contributed by atoms with Crippen LogP contribution in [0.4, 0.5) is 8.78 Å². The lowest BCUT2D eigenvalue weighted by molar-refractivity contribution is 0.150. The Bertz CT molecular complexity index is 238. The molecular weight excluding hydrogens is 150 g/mol. The Morgan fingerprint density at radius 1 is 1.55 bits per heavy atom. The van der Waals surface area contributed by atoms with Gasteiger partial charge in [0, 0.05) is 24.5 Å². The lowest BCUT2D eigenvalue weighted by Crippen LogP contribution is -2.02. The average molecular weight is 158 g/mol. The van der Waals surface area contributed by atoms with Gasteiger partial charge >= 0.3 is 0 Å².